The summed E-state index contributed by atoms with van der Waals surface area (Å²) in [7, 11) is 1.68. The second kappa shape index (κ2) is 8.25. The molecule has 1 rings (SSSR count). The number of hydrogen-bond acceptors (Lipinski definition) is 2. The van der Waals surface area contributed by atoms with Crippen LogP contribution in [0.3, 0.4) is 0 Å². The van der Waals surface area contributed by atoms with Gasteiger partial charge in [-0.3, -0.25) is 0 Å². The maximum atomic E-state index is 5.51. The summed E-state index contributed by atoms with van der Waals surface area (Å²) in [5.74, 6) is 6.01. The Kier molecular flexibility index (Phi) is 6.58. The molecular weight excluding hydrogens is 236 g/mol. The molecule has 0 unspecified atom stereocenters. The SMILES string of the molecule is C#CCCCc1cc(C)cc(COCC#C)c1OC. The molecule has 0 aromatic heterocycles. The molecule has 0 aliphatic carbocycles. The van der Waals surface area contributed by atoms with E-state index >= 15 is 0 Å². The predicted octanol–water partition coefficient (Wildman–Crippen LogP) is 3.11. The molecule has 0 saturated heterocycles. The highest BCUT2D eigenvalue weighted by atomic mass is 16.5. The Morgan fingerprint density at radius 3 is 2.53 bits per heavy atom. The Balaban J connectivity index is 2.90. The van der Waals surface area contributed by atoms with E-state index in [2.05, 4.69) is 30.9 Å². The first-order valence-electron chi connectivity index (χ1n) is 6.34. The van der Waals surface area contributed by atoms with Crippen LogP contribution in [0.25, 0.3) is 0 Å². The van der Waals surface area contributed by atoms with Crippen molar-refractivity contribution in [2.75, 3.05) is 13.7 Å². The molecule has 100 valence electrons. The Morgan fingerprint density at radius 2 is 1.89 bits per heavy atom. The Bertz CT molecular complexity index is 448. The van der Waals surface area contributed by atoms with Crippen LogP contribution in [0, 0.1) is 31.6 Å². The van der Waals surface area contributed by atoms with Crippen molar-refractivity contribution >= 4 is 0 Å². The molecule has 0 spiro atoms. The second-order valence-electron chi connectivity index (χ2n) is 4.37. The van der Waals surface area contributed by atoms with Gasteiger partial charge in [0, 0.05) is 12.0 Å². The maximum absolute atomic E-state index is 5.51. The monoisotopic (exact) mass is 256 g/mol. The van der Waals surface area contributed by atoms with Crippen LogP contribution in [0.2, 0.25) is 0 Å². The molecule has 1 aromatic rings. The fourth-order valence-electron chi connectivity index (χ4n) is 2.08. The molecule has 0 aliphatic heterocycles. The molecule has 2 nitrogen and oxygen atoms in total. The molecule has 2 heteroatoms. The first-order chi connectivity index (χ1) is 9.22. The zero-order valence-corrected chi connectivity index (χ0v) is 11.7. The molecule has 19 heavy (non-hydrogen) atoms. The average molecular weight is 256 g/mol. The summed E-state index contributed by atoms with van der Waals surface area (Å²) in [5.41, 5.74) is 3.40. The number of hydrogen-bond donors (Lipinski definition) is 0. The topological polar surface area (TPSA) is 18.5 Å². The highest BCUT2D eigenvalue weighted by molar-refractivity contribution is 5.44. The Labute approximate surface area is 116 Å². The highest BCUT2D eigenvalue weighted by Crippen LogP contribution is 2.28. The highest BCUT2D eigenvalue weighted by Gasteiger charge is 2.10. The summed E-state index contributed by atoms with van der Waals surface area (Å²) in [6, 6.07) is 4.21. The first kappa shape index (κ1) is 15.2. The zero-order valence-electron chi connectivity index (χ0n) is 11.7. The van der Waals surface area contributed by atoms with Crippen molar-refractivity contribution in [1.29, 1.82) is 0 Å². The van der Waals surface area contributed by atoms with Crippen LogP contribution in [0.4, 0.5) is 0 Å². The van der Waals surface area contributed by atoms with Crippen molar-refractivity contribution in [3.8, 4) is 30.4 Å². The van der Waals surface area contributed by atoms with E-state index in [1.807, 2.05) is 0 Å². The molecule has 0 saturated carbocycles. The normalized spacial score (nSPS) is 9.68. The van der Waals surface area contributed by atoms with Crippen molar-refractivity contribution < 1.29 is 9.47 Å². The van der Waals surface area contributed by atoms with Gasteiger partial charge in [0.05, 0.1) is 13.7 Å². The lowest BCUT2D eigenvalue weighted by Gasteiger charge is -2.14. The van der Waals surface area contributed by atoms with E-state index in [1.54, 1.807) is 7.11 Å². The smallest absolute Gasteiger partial charge is 0.127 e. The summed E-state index contributed by atoms with van der Waals surface area (Å²) in [6.07, 6.45) is 13.1. The summed E-state index contributed by atoms with van der Waals surface area (Å²) in [6.45, 7) is 2.84. The van der Waals surface area contributed by atoms with Gasteiger partial charge in [0.25, 0.3) is 0 Å². The second-order valence-corrected chi connectivity index (χ2v) is 4.37. The van der Waals surface area contributed by atoms with Crippen molar-refractivity contribution in [3.63, 3.8) is 0 Å². The number of benzene rings is 1. The largest absolute Gasteiger partial charge is 0.496 e. The van der Waals surface area contributed by atoms with Gasteiger partial charge in [-0.1, -0.05) is 23.6 Å². The van der Waals surface area contributed by atoms with E-state index in [4.69, 9.17) is 22.3 Å². The third-order valence-electron chi connectivity index (χ3n) is 2.80. The number of rotatable bonds is 7. The molecule has 0 heterocycles. The van der Waals surface area contributed by atoms with E-state index in [1.165, 1.54) is 11.1 Å². The minimum absolute atomic E-state index is 0.309. The van der Waals surface area contributed by atoms with E-state index in [-0.39, 0.29) is 0 Å². The van der Waals surface area contributed by atoms with Crippen LogP contribution in [-0.2, 0) is 17.8 Å². The third-order valence-corrected chi connectivity index (χ3v) is 2.80. The summed E-state index contributed by atoms with van der Waals surface area (Å²) < 4.78 is 10.9. The maximum Gasteiger partial charge on any atom is 0.127 e. The lowest BCUT2D eigenvalue weighted by Crippen LogP contribution is -2.02. The van der Waals surface area contributed by atoms with Gasteiger partial charge in [0.1, 0.15) is 12.4 Å². The van der Waals surface area contributed by atoms with Crippen molar-refractivity contribution in [1.82, 2.24) is 0 Å². The standard InChI is InChI=1S/C17H20O2/c1-5-7-8-9-15-11-14(3)12-16(17(15)18-4)13-19-10-6-2/h1-2,11-12H,7-10,13H2,3-4H3. The minimum Gasteiger partial charge on any atom is -0.496 e. The molecule has 0 aliphatic rings. The van der Waals surface area contributed by atoms with Gasteiger partial charge >= 0.3 is 0 Å². The Hall–Kier alpha value is -1.90. The lowest BCUT2D eigenvalue weighted by molar-refractivity contribution is 0.151. The van der Waals surface area contributed by atoms with E-state index in [0.717, 1.165) is 30.6 Å². The van der Waals surface area contributed by atoms with Crippen molar-refractivity contribution in [2.45, 2.75) is 32.8 Å². The third kappa shape index (κ3) is 4.70. The quantitative estimate of drug-likeness (QED) is 0.551. The van der Waals surface area contributed by atoms with E-state index in [0.29, 0.717) is 13.2 Å². The van der Waals surface area contributed by atoms with Gasteiger partial charge in [-0.15, -0.1) is 18.8 Å². The van der Waals surface area contributed by atoms with Crippen LogP contribution < -0.4 is 4.74 Å². The fraction of sp³-hybridized carbons (Fsp3) is 0.412. The Morgan fingerprint density at radius 1 is 1.16 bits per heavy atom. The van der Waals surface area contributed by atoms with Crippen molar-refractivity contribution in [3.05, 3.63) is 28.8 Å². The van der Waals surface area contributed by atoms with Crippen LogP contribution >= 0.6 is 0 Å². The van der Waals surface area contributed by atoms with Gasteiger partial charge in [0.15, 0.2) is 0 Å². The molecule has 0 N–H and O–H groups in total. The summed E-state index contributed by atoms with van der Waals surface area (Å²) in [4.78, 5) is 0. The number of unbranched alkanes of at least 4 members (excludes halogenated alkanes) is 1. The van der Waals surface area contributed by atoms with Crippen LogP contribution in [-0.4, -0.2) is 13.7 Å². The molecular formula is C17H20O2. The van der Waals surface area contributed by atoms with Crippen molar-refractivity contribution in [2.24, 2.45) is 0 Å². The molecule has 0 fully saturated rings. The van der Waals surface area contributed by atoms with Crippen LogP contribution in [0.1, 0.15) is 29.5 Å². The summed E-state index contributed by atoms with van der Waals surface area (Å²) in [5, 5.41) is 0. The van der Waals surface area contributed by atoms with Crippen LogP contribution in [0.5, 0.6) is 5.75 Å². The van der Waals surface area contributed by atoms with Gasteiger partial charge in [0.2, 0.25) is 0 Å². The molecule has 1 aromatic carbocycles. The number of terminal acetylenes is 2. The van der Waals surface area contributed by atoms with E-state index < -0.39 is 0 Å². The molecule has 0 atom stereocenters. The molecule has 0 bridgehead atoms. The summed E-state index contributed by atoms with van der Waals surface area (Å²) >= 11 is 0. The first-order valence-corrected chi connectivity index (χ1v) is 6.34. The minimum atomic E-state index is 0.309. The van der Waals surface area contributed by atoms with Gasteiger partial charge in [-0.2, -0.15) is 0 Å². The number of aryl methyl sites for hydroxylation is 2. The molecule has 0 amide bonds. The molecule has 0 radical (unpaired) electrons. The number of methoxy groups -OCH3 is 1. The predicted molar refractivity (Wildman–Crippen MR) is 78.0 cm³/mol. The fourth-order valence-corrected chi connectivity index (χ4v) is 2.08. The van der Waals surface area contributed by atoms with Gasteiger partial charge in [-0.25, -0.2) is 0 Å². The zero-order chi connectivity index (χ0) is 14.1. The van der Waals surface area contributed by atoms with E-state index in [9.17, 15) is 0 Å². The lowest BCUT2D eigenvalue weighted by atomic mass is 10.0. The van der Waals surface area contributed by atoms with Crippen LogP contribution in [0.15, 0.2) is 12.1 Å². The van der Waals surface area contributed by atoms with Gasteiger partial charge < -0.3 is 9.47 Å². The average Bonchev–Trinajstić information content (AvgIpc) is 2.39. The number of ether oxygens (including phenoxy) is 2. The van der Waals surface area contributed by atoms with Gasteiger partial charge in [-0.05, 0) is 25.3 Å².